The molecular weight excluding hydrogens is 409 g/mol. The Morgan fingerprint density at radius 1 is 0.690 bits per heavy atom. The van der Waals surface area contributed by atoms with Gasteiger partial charge in [-0.2, -0.15) is 0 Å². The summed E-state index contributed by atoms with van der Waals surface area (Å²) in [4.78, 5) is 31.6. The molecule has 1 atom stereocenters. The van der Waals surface area contributed by atoms with Gasteiger partial charge in [-0.15, -0.1) is 0 Å². The number of carbonyl (C=O) groups is 2. The third kappa shape index (κ3) is 4.58. The zero-order valence-electron chi connectivity index (χ0n) is 16.1. The first-order valence-corrected chi connectivity index (χ1v) is 10.6. The molecule has 0 saturated carbocycles. The third-order valence-electron chi connectivity index (χ3n) is 5.75. The van der Waals surface area contributed by atoms with Gasteiger partial charge in [-0.3, -0.25) is 14.5 Å². The molecule has 2 fully saturated rings. The fourth-order valence-electron chi connectivity index (χ4n) is 4.06. The topological polar surface area (TPSA) is 43.9 Å². The number of carbonyl (C=O) groups excluding carboxylic acids is 2. The molecule has 0 aromatic heterocycles. The summed E-state index contributed by atoms with van der Waals surface area (Å²) >= 11 is 11.8. The molecule has 2 aliphatic heterocycles. The molecule has 2 amide bonds. The number of rotatable bonds is 3. The summed E-state index contributed by atoms with van der Waals surface area (Å²) in [6, 6.07) is 14.4. The van der Waals surface area contributed by atoms with Crippen LogP contribution in [0.1, 0.15) is 27.1 Å². The first-order chi connectivity index (χ1) is 14.0. The van der Waals surface area contributed by atoms with Gasteiger partial charge in [0, 0.05) is 66.5 Å². The molecule has 2 saturated heterocycles. The van der Waals surface area contributed by atoms with E-state index in [2.05, 4.69) is 4.90 Å². The molecule has 4 rings (SSSR count). The van der Waals surface area contributed by atoms with Crippen LogP contribution in [0.5, 0.6) is 0 Å². The largest absolute Gasteiger partial charge is 0.337 e. The summed E-state index contributed by atoms with van der Waals surface area (Å²) in [5, 5.41) is 1.26. The lowest BCUT2D eigenvalue weighted by atomic mass is 10.1. The number of hydrogen-bond acceptors (Lipinski definition) is 3. The van der Waals surface area contributed by atoms with Crippen molar-refractivity contribution >= 4 is 35.0 Å². The molecule has 5 nitrogen and oxygen atoms in total. The van der Waals surface area contributed by atoms with Crippen LogP contribution in [0.4, 0.5) is 0 Å². The number of piperazine rings is 1. The zero-order chi connectivity index (χ0) is 20.4. The minimum Gasteiger partial charge on any atom is -0.337 e. The minimum absolute atomic E-state index is 0.0484. The average Bonchev–Trinajstić information content (AvgIpc) is 3.24. The molecule has 0 spiro atoms. The predicted octanol–water partition coefficient (Wildman–Crippen LogP) is 3.67. The van der Waals surface area contributed by atoms with Crippen LogP contribution in [0.25, 0.3) is 0 Å². The summed E-state index contributed by atoms with van der Waals surface area (Å²) in [5.74, 6) is 0.105. The molecule has 29 heavy (non-hydrogen) atoms. The second-order valence-corrected chi connectivity index (χ2v) is 8.41. The van der Waals surface area contributed by atoms with Crippen LogP contribution in [-0.2, 0) is 0 Å². The fourth-order valence-corrected chi connectivity index (χ4v) is 4.32. The SMILES string of the molecule is O=C(c1ccc(Cl)cc1)N1CCN(C2CCN(C(=O)c3ccc(Cl)cc3)C2)CC1. The number of likely N-dealkylation sites (tertiary alicyclic amines) is 1. The molecule has 2 aromatic rings. The lowest BCUT2D eigenvalue weighted by molar-refractivity contribution is 0.0568. The first-order valence-electron chi connectivity index (χ1n) is 9.85. The van der Waals surface area contributed by atoms with E-state index in [1.807, 2.05) is 9.80 Å². The number of halogens is 2. The van der Waals surface area contributed by atoms with Crippen LogP contribution < -0.4 is 0 Å². The van der Waals surface area contributed by atoms with Crippen molar-refractivity contribution in [3.8, 4) is 0 Å². The molecule has 2 heterocycles. The molecule has 2 aliphatic rings. The Bertz CT molecular complexity index is 878. The van der Waals surface area contributed by atoms with Gasteiger partial charge in [-0.25, -0.2) is 0 Å². The molecule has 152 valence electrons. The lowest BCUT2D eigenvalue weighted by Crippen LogP contribution is -2.52. The second kappa shape index (κ2) is 8.74. The van der Waals surface area contributed by atoms with Gasteiger partial charge in [0.1, 0.15) is 0 Å². The van der Waals surface area contributed by atoms with Gasteiger partial charge in [0.2, 0.25) is 0 Å². The highest BCUT2D eigenvalue weighted by Gasteiger charge is 2.33. The Kier molecular flexibility index (Phi) is 6.09. The number of amides is 2. The van der Waals surface area contributed by atoms with E-state index in [9.17, 15) is 9.59 Å². The van der Waals surface area contributed by atoms with E-state index in [1.165, 1.54) is 0 Å². The molecule has 2 aromatic carbocycles. The van der Waals surface area contributed by atoms with Crippen LogP contribution in [0.2, 0.25) is 10.0 Å². The number of benzene rings is 2. The highest BCUT2D eigenvalue weighted by Crippen LogP contribution is 2.21. The molecule has 0 bridgehead atoms. The van der Waals surface area contributed by atoms with Crippen LogP contribution in [0.15, 0.2) is 48.5 Å². The minimum atomic E-state index is 0.0484. The van der Waals surface area contributed by atoms with E-state index >= 15 is 0 Å². The Labute approximate surface area is 180 Å². The predicted molar refractivity (Wildman–Crippen MR) is 115 cm³/mol. The fraction of sp³-hybridized carbons (Fsp3) is 0.364. The lowest BCUT2D eigenvalue weighted by Gasteiger charge is -2.38. The molecule has 0 N–H and O–H groups in total. The summed E-state index contributed by atoms with van der Waals surface area (Å²) in [6.07, 6.45) is 0.963. The first kappa shape index (κ1) is 20.2. The van der Waals surface area contributed by atoms with Crippen molar-refractivity contribution in [1.82, 2.24) is 14.7 Å². The Morgan fingerprint density at radius 3 is 1.69 bits per heavy atom. The monoisotopic (exact) mass is 431 g/mol. The Morgan fingerprint density at radius 2 is 1.17 bits per heavy atom. The smallest absolute Gasteiger partial charge is 0.253 e. The molecule has 7 heteroatoms. The van der Waals surface area contributed by atoms with E-state index < -0.39 is 0 Å². The van der Waals surface area contributed by atoms with Gasteiger partial charge in [-0.05, 0) is 55.0 Å². The van der Waals surface area contributed by atoms with Gasteiger partial charge in [-0.1, -0.05) is 23.2 Å². The van der Waals surface area contributed by atoms with Crippen LogP contribution >= 0.6 is 23.2 Å². The van der Waals surface area contributed by atoms with Gasteiger partial charge < -0.3 is 9.80 Å². The normalized spacial score (nSPS) is 20.1. The molecule has 0 radical (unpaired) electrons. The van der Waals surface area contributed by atoms with Crippen molar-refractivity contribution in [2.75, 3.05) is 39.3 Å². The van der Waals surface area contributed by atoms with Crippen LogP contribution in [0.3, 0.4) is 0 Å². The van der Waals surface area contributed by atoms with Crippen molar-refractivity contribution < 1.29 is 9.59 Å². The maximum absolute atomic E-state index is 12.7. The summed E-state index contributed by atoms with van der Waals surface area (Å²) < 4.78 is 0. The van der Waals surface area contributed by atoms with Gasteiger partial charge in [0.15, 0.2) is 0 Å². The number of nitrogens with zero attached hydrogens (tertiary/aromatic N) is 3. The molecular formula is C22H23Cl2N3O2. The van der Waals surface area contributed by atoms with Crippen molar-refractivity contribution in [1.29, 1.82) is 0 Å². The second-order valence-electron chi connectivity index (χ2n) is 7.54. The van der Waals surface area contributed by atoms with Gasteiger partial charge in [0.25, 0.3) is 11.8 Å². The van der Waals surface area contributed by atoms with E-state index in [1.54, 1.807) is 48.5 Å². The molecule has 0 aliphatic carbocycles. The van der Waals surface area contributed by atoms with Crippen molar-refractivity contribution in [2.45, 2.75) is 12.5 Å². The highest BCUT2D eigenvalue weighted by atomic mass is 35.5. The third-order valence-corrected chi connectivity index (χ3v) is 6.25. The van der Waals surface area contributed by atoms with E-state index in [0.717, 1.165) is 32.6 Å². The van der Waals surface area contributed by atoms with Crippen LogP contribution in [-0.4, -0.2) is 71.8 Å². The van der Waals surface area contributed by atoms with Crippen molar-refractivity contribution in [3.63, 3.8) is 0 Å². The highest BCUT2D eigenvalue weighted by molar-refractivity contribution is 6.31. The van der Waals surface area contributed by atoms with Crippen LogP contribution in [0, 0.1) is 0 Å². The summed E-state index contributed by atoms with van der Waals surface area (Å²) in [6.45, 7) is 4.54. The quantitative estimate of drug-likeness (QED) is 0.744. The van der Waals surface area contributed by atoms with E-state index in [0.29, 0.717) is 40.3 Å². The standard InChI is InChI=1S/C22H23Cl2N3O2/c23-18-5-1-16(2-6-18)21(28)26-13-11-25(12-14-26)20-9-10-27(15-20)22(29)17-3-7-19(24)8-4-17/h1-8,20H,9-15H2. The van der Waals surface area contributed by atoms with Crippen molar-refractivity contribution in [3.05, 3.63) is 69.7 Å². The van der Waals surface area contributed by atoms with E-state index in [4.69, 9.17) is 23.2 Å². The van der Waals surface area contributed by atoms with Gasteiger partial charge in [0.05, 0.1) is 0 Å². The average molecular weight is 432 g/mol. The maximum atomic E-state index is 12.7. The molecule has 1 unspecified atom stereocenters. The Hall–Kier alpha value is -2.08. The number of hydrogen-bond donors (Lipinski definition) is 0. The van der Waals surface area contributed by atoms with Gasteiger partial charge >= 0.3 is 0 Å². The Balaban J connectivity index is 1.30. The summed E-state index contributed by atoms with van der Waals surface area (Å²) in [7, 11) is 0. The van der Waals surface area contributed by atoms with Crippen molar-refractivity contribution in [2.24, 2.45) is 0 Å². The zero-order valence-corrected chi connectivity index (χ0v) is 17.6. The summed E-state index contributed by atoms with van der Waals surface area (Å²) in [5.41, 5.74) is 1.34. The van der Waals surface area contributed by atoms with E-state index in [-0.39, 0.29) is 11.8 Å². The maximum Gasteiger partial charge on any atom is 0.253 e.